The molecule has 0 aromatic rings. The van der Waals surface area contributed by atoms with Crippen molar-refractivity contribution < 1.29 is 19.7 Å². The van der Waals surface area contributed by atoms with Gasteiger partial charge in [0.2, 0.25) is 0 Å². The minimum Gasteiger partial charge on any atom is -0.394 e. The third kappa shape index (κ3) is 1.29. The fourth-order valence-electron chi connectivity index (χ4n) is 1.13. The van der Waals surface area contributed by atoms with E-state index in [0.717, 1.165) is 0 Å². The van der Waals surface area contributed by atoms with Crippen LogP contribution in [-0.4, -0.2) is 48.8 Å². The summed E-state index contributed by atoms with van der Waals surface area (Å²) in [6.07, 6.45) is -1.33. The Morgan fingerprint density at radius 2 is 2.40 bits per heavy atom. The minimum absolute atomic E-state index is 0.102. The summed E-state index contributed by atoms with van der Waals surface area (Å²) >= 11 is 0. The second-order valence-electron chi connectivity index (χ2n) is 2.32. The fourth-order valence-corrected chi connectivity index (χ4v) is 1.13. The molecule has 3 atom stereocenters. The largest absolute Gasteiger partial charge is 0.394 e. The molecule has 0 radical (unpaired) electrons. The van der Waals surface area contributed by atoms with Gasteiger partial charge in [0, 0.05) is 7.11 Å². The second kappa shape index (κ2) is 3.30. The summed E-state index contributed by atoms with van der Waals surface area (Å²) in [6.45, 7) is 0.152. The third-order valence-electron chi connectivity index (χ3n) is 1.68. The molecule has 1 unspecified atom stereocenters. The van der Waals surface area contributed by atoms with Crippen molar-refractivity contribution in [2.45, 2.75) is 18.3 Å². The fraction of sp³-hybridized carbons (Fsp3) is 1.00. The first-order chi connectivity index (χ1) is 4.79. The molecule has 0 aromatic heterocycles. The Balaban J connectivity index is 2.45. The van der Waals surface area contributed by atoms with Crippen molar-refractivity contribution in [1.82, 2.24) is 0 Å². The molecule has 0 saturated carbocycles. The van der Waals surface area contributed by atoms with Crippen molar-refractivity contribution in [3.63, 3.8) is 0 Å². The summed E-state index contributed by atoms with van der Waals surface area (Å²) in [5.41, 5.74) is 0. The van der Waals surface area contributed by atoms with Gasteiger partial charge in [-0.2, -0.15) is 0 Å². The highest BCUT2D eigenvalue weighted by Gasteiger charge is 2.35. The maximum Gasteiger partial charge on any atom is 0.114 e. The summed E-state index contributed by atoms with van der Waals surface area (Å²) in [4.78, 5) is 0. The van der Waals surface area contributed by atoms with Gasteiger partial charge < -0.3 is 19.7 Å². The molecular formula is C6H12O4. The molecule has 10 heavy (non-hydrogen) atoms. The summed E-state index contributed by atoms with van der Waals surface area (Å²) < 4.78 is 9.88. The van der Waals surface area contributed by atoms with Crippen molar-refractivity contribution in [3.8, 4) is 0 Å². The summed E-state index contributed by atoms with van der Waals surface area (Å²) in [6, 6.07) is 0. The Bertz CT molecular complexity index is 106. The van der Waals surface area contributed by atoms with Crippen molar-refractivity contribution in [1.29, 1.82) is 0 Å². The smallest absolute Gasteiger partial charge is 0.114 e. The first-order valence-electron chi connectivity index (χ1n) is 3.23. The van der Waals surface area contributed by atoms with Crippen LogP contribution in [0, 0.1) is 0 Å². The molecule has 1 fully saturated rings. The molecule has 4 nitrogen and oxygen atoms in total. The van der Waals surface area contributed by atoms with Gasteiger partial charge in [0.05, 0.1) is 13.2 Å². The van der Waals surface area contributed by atoms with Gasteiger partial charge in [-0.05, 0) is 0 Å². The molecule has 60 valence electrons. The third-order valence-corrected chi connectivity index (χ3v) is 1.68. The van der Waals surface area contributed by atoms with Crippen LogP contribution in [0.1, 0.15) is 0 Å². The second-order valence-corrected chi connectivity index (χ2v) is 2.32. The predicted molar refractivity (Wildman–Crippen MR) is 33.6 cm³/mol. The lowest BCUT2D eigenvalue weighted by Crippen LogP contribution is -2.34. The quantitative estimate of drug-likeness (QED) is 0.514. The van der Waals surface area contributed by atoms with Crippen LogP contribution in [0.3, 0.4) is 0 Å². The summed E-state index contributed by atoms with van der Waals surface area (Å²) in [7, 11) is 1.49. The maximum atomic E-state index is 9.13. The molecule has 0 bridgehead atoms. The zero-order valence-corrected chi connectivity index (χ0v) is 5.86. The first kappa shape index (κ1) is 7.94. The van der Waals surface area contributed by atoms with Crippen molar-refractivity contribution in [2.24, 2.45) is 0 Å². The van der Waals surface area contributed by atoms with E-state index in [1.165, 1.54) is 7.11 Å². The van der Waals surface area contributed by atoms with E-state index >= 15 is 0 Å². The molecular weight excluding hydrogens is 136 g/mol. The van der Waals surface area contributed by atoms with Gasteiger partial charge in [-0.25, -0.2) is 0 Å². The van der Waals surface area contributed by atoms with Crippen LogP contribution in [0.5, 0.6) is 0 Å². The van der Waals surface area contributed by atoms with Crippen LogP contribution in [-0.2, 0) is 9.47 Å². The number of aliphatic hydroxyl groups is 2. The lowest BCUT2D eigenvalue weighted by molar-refractivity contribution is -0.0307. The highest BCUT2D eigenvalue weighted by Crippen LogP contribution is 2.16. The van der Waals surface area contributed by atoms with E-state index < -0.39 is 6.10 Å². The molecule has 2 N–H and O–H groups in total. The standard InChI is InChI=1S/C6H12O4/c1-9-6-4(8)3-10-5(6)2-7/h4-8H,2-3H2,1H3/t4?,5-,6+/m1/s1. The Morgan fingerprint density at radius 1 is 1.70 bits per heavy atom. The maximum absolute atomic E-state index is 9.13. The molecule has 1 aliphatic rings. The highest BCUT2D eigenvalue weighted by atomic mass is 16.6. The molecule has 1 saturated heterocycles. The average molecular weight is 148 g/mol. The van der Waals surface area contributed by atoms with Gasteiger partial charge in [-0.1, -0.05) is 0 Å². The number of hydrogen-bond acceptors (Lipinski definition) is 4. The van der Waals surface area contributed by atoms with Crippen molar-refractivity contribution in [2.75, 3.05) is 20.3 Å². The molecule has 0 amide bonds. The van der Waals surface area contributed by atoms with E-state index in [2.05, 4.69) is 0 Å². The Kier molecular flexibility index (Phi) is 2.62. The molecule has 1 rings (SSSR count). The molecule has 0 aliphatic carbocycles. The SMILES string of the molecule is CO[C@H]1C(O)CO[C@@H]1CO. The van der Waals surface area contributed by atoms with Gasteiger partial charge in [-0.15, -0.1) is 0 Å². The average Bonchev–Trinajstić information content (AvgIpc) is 2.30. The van der Waals surface area contributed by atoms with E-state index in [0.29, 0.717) is 0 Å². The van der Waals surface area contributed by atoms with Crippen LogP contribution in [0.4, 0.5) is 0 Å². The monoisotopic (exact) mass is 148 g/mol. The van der Waals surface area contributed by atoms with E-state index in [9.17, 15) is 0 Å². The van der Waals surface area contributed by atoms with Gasteiger partial charge in [0.25, 0.3) is 0 Å². The number of methoxy groups -OCH3 is 1. The lowest BCUT2D eigenvalue weighted by atomic mass is 10.1. The zero-order chi connectivity index (χ0) is 7.56. The van der Waals surface area contributed by atoms with E-state index in [-0.39, 0.29) is 25.4 Å². The van der Waals surface area contributed by atoms with Crippen LogP contribution in [0.2, 0.25) is 0 Å². The molecule has 0 aromatic carbocycles. The molecule has 0 spiro atoms. The number of hydrogen-bond donors (Lipinski definition) is 2. The molecule has 1 aliphatic heterocycles. The number of aliphatic hydroxyl groups excluding tert-OH is 2. The molecule has 4 heteroatoms. The highest BCUT2D eigenvalue weighted by molar-refractivity contribution is 4.83. The van der Waals surface area contributed by atoms with Crippen molar-refractivity contribution in [3.05, 3.63) is 0 Å². The summed E-state index contributed by atoms with van der Waals surface area (Å²) in [5, 5.41) is 17.8. The van der Waals surface area contributed by atoms with Crippen LogP contribution in [0.15, 0.2) is 0 Å². The Hall–Kier alpha value is -0.160. The van der Waals surface area contributed by atoms with Crippen LogP contribution in [0.25, 0.3) is 0 Å². The van der Waals surface area contributed by atoms with Gasteiger partial charge in [0.1, 0.15) is 18.3 Å². The zero-order valence-electron chi connectivity index (χ0n) is 5.86. The van der Waals surface area contributed by atoms with Crippen LogP contribution < -0.4 is 0 Å². The first-order valence-corrected chi connectivity index (χ1v) is 3.23. The van der Waals surface area contributed by atoms with Gasteiger partial charge in [0.15, 0.2) is 0 Å². The predicted octanol–water partition coefficient (Wildman–Crippen LogP) is -1.25. The minimum atomic E-state index is -0.595. The van der Waals surface area contributed by atoms with Gasteiger partial charge >= 0.3 is 0 Å². The van der Waals surface area contributed by atoms with E-state index in [4.69, 9.17) is 19.7 Å². The summed E-state index contributed by atoms with van der Waals surface area (Å²) in [5.74, 6) is 0. The number of ether oxygens (including phenoxy) is 2. The van der Waals surface area contributed by atoms with Crippen molar-refractivity contribution >= 4 is 0 Å². The van der Waals surface area contributed by atoms with Gasteiger partial charge in [-0.3, -0.25) is 0 Å². The Morgan fingerprint density at radius 3 is 2.80 bits per heavy atom. The van der Waals surface area contributed by atoms with E-state index in [1.54, 1.807) is 0 Å². The van der Waals surface area contributed by atoms with E-state index in [1.807, 2.05) is 0 Å². The molecule has 1 heterocycles. The van der Waals surface area contributed by atoms with Crippen LogP contribution >= 0.6 is 0 Å². The topological polar surface area (TPSA) is 58.9 Å². The number of rotatable bonds is 2. The Labute approximate surface area is 59.4 Å². The lowest BCUT2D eigenvalue weighted by Gasteiger charge is -2.15. The normalized spacial score (nSPS) is 40.5.